The summed E-state index contributed by atoms with van der Waals surface area (Å²) in [7, 11) is -3.04. The summed E-state index contributed by atoms with van der Waals surface area (Å²) < 4.78 is 74.5. The molecule has 0 saturated carbocycles. The molecule has 0 fully saturated rings. The van der Waals surface area contributed by atoms with E-state index in [-0.39, 0.29) is 23.2 Å². The van der Waals surface area contributed by atoms with Gasteiger partial charge in [0.1, 0.15) is 18.3 Å². The SMILES string of the molecule is CC[C@@H](C)NC(=O)[C@H](C)N(Cc1cccc(OC)c1)C(=O)CN(c1cccc(C(F)(F)F)c1)S(=O)(=O)c1ccc(C)cc1. The molecule has 0 saturated heterocycles. The van der Waals surface area contributed by atoms with Crippen molar-refractivity contribution in [2.45, 2.75) is 63.8 Å². The minimum absolute atomic E-state index is 0.0911. The lowest BCUT2D eigenvalue weighted by atomic mass is 10.1. The number of benzene rings is 3. The number of nitrogens with one attached hydrogen (secondary N) is 1. The highest BCUT2D eigenvalue weighted by Gasteiger charge is 2.35. The van der Waals surface area contributed by atoms with Crippen molar-refractivity contribution in [3.8, 4) is 5.75 Å². The van der Waals surface area contributed by atoms with Crippen molar-refractivity contribution in [1.29, 1.82) is 0 Å². The van der Waals surface area contributed by atoms with Gasteiger partial charge in [-0.3, -0.25) is 13.9 Å². The molecule has 0 spiro atoms. The van der Waals surface area contributed by atoms with Crippen LogP contribution in [0.4, 0.5) is 18.9 Å². The van der Waals surface area contributed by atoms with E-state index in [0.717, 1.165) is 17.7 Å². The smallest absolute Gasteiger partial charge is 0.416 e. The monoisotopic (exact) mass is 619 g/mol. The number of sulfonamides is 1. The largest absolute Gasteiger partial charge is 0.497 e. The van der Waals surface area contributed by atoms with Gasteiger partial charge in [-0.05, 0) is 75.2 Å². The van der Waals surface area contributed by atoms with Crippen molar-refractivity contribution >= 4 is 27.5 Å². The summed E-state index contributed by atoms with van der Waals surface area (Å²) in [4.78, 5) is 28.1. The number of methoxy groups -OCH3 is 1. The van der Waals surface area contributed by atoms with Crippen LogP contribution in [-0.4, -0.2) is 50.9 Å². The van der Waals surface area contributed by atoms with Crippen LogP contribution in [0.3, 0.4) is 0 Å². The summed E-state index contributed by atoms with van der Waals surface area (Å²) >= 11 is 0. The molecule has 1 N–H and O–H groups in total. The minimum atomic E-state index is -4.75. The number of halogens is 3. The molecule has 0 unspecified atom stereocenters. The Morgan fingerprint density at radius 2 is 1.63 bits per heavy atom. The maximum absolute atomic E-state index is 14.0. The van der Waals surface area contributed by atoms with Gasteiger partial charge >= 0.3 is 6.18 Å². The van der Waals surface area contributed by atoms with Gasteiger partial charge in [-0.25, -0.2) is 8.42 Å². The summed E-state index contributed by atoms with van der Waals surface area (Å²) in [6, 6.07) is 15.1. The Labute approximate surface area is 250 Å². The Morgan fingerprint density at radius 3 is 2.23 bits per heavy atom. The van der Waals surface area contributed by atoms with E-state index < -0.39 is 46.2 Å². The molecule has 3 aromatic carbocycles. The molecule has 3 rings (SSSR count). The highest BCUT2D eigenvalue weighted by molar-refractivity contribution is 7.92. The van der Waals surface area contributed by atoms with E-state index in [4.69, 9.17) is 4.74 Å². The van der Waals surface area contributed by atoms with E-state index in [1.807, 2.05) is 13.8 Å². The summed E-state index contributed by atoms with van der Waals surface area (Å²) in [6.45, 7) is 6.01. The lowest BCUT2D eigenvalue weighted by Crippen LogP contribution is -2.52. The van der Waals surface area contributed by atoms with Crippen LogP contribution in [0.25, 0.3) is 0 Å². The molecule has 0 bridgehead atoms. The Morgan fingerprint density at radius 1 is 0.977 bits per heavy atom. The normalized spacial score (nSPS) is 13.1. The summed E-state index contributed by atoms with van der Waals surface area (Å²) in [5.41, 5.74) is -0.0490. The van der Waals surface area contributed by atoms with Crippen LogP contribution >= 0.6 is 0 Å². The first-order chi connectivity index (χ1) is 20.2. The first-order valence-electron chi connectivity index (χ1n) is 13.7. The van der Waals surface area contributed by atoms with E-state index in [2.05, 4.69) is 5.32 Å². The van der Waals surface area contributed by atoms with Crippen LogP contribution in [-0.2, 0) is 32.3 Å². The number of hydrogen-bond acceptors (Lipinski definition) is 5. The molecule has 0 heterocycles. The fourth-order valence-electron chi connectivity index (χ4n) is 4.22. The van der Waals surface area contributed by atoms with Gasteiger partial charge in [-0.15, -0.1) is 0 Å². The molecule has 8 nitrogen and oxygen atoms in total. The zero-order chi connectivity index (χ0) is 31.9. The quantitative estimate of drug-likeness (QED) is 0.287. The summed E-state index contributed by atoms with van der Waals surface area (Å²) in [5, 5.41) is 2.83. The summed E-state index contributed by atoms with van der Waals surface area (Å²) in [5.74, 6) is -0.741. The maximum atomic E-state index is 14.0. The second-order valence-corrected chi connectivity index (χ2v) is 12.1. The highest BCUT2D eigenvalue weighted by atomic mass is 32.2. The maximum Gasteiger partial charge on any atom is 0.416 e. The van der Waals surface area contributed by atoms with Crippen LogP contribution in [0.2, 0.25) is 0 Å². The fraction of sp³-hybridized carbons (Fsp3) is 0.355. The second-order valence-electron chi connectivity index (χ2n) is 10.2. The average Bonchev–Trinajstić information content (AvgIpc) is 2.97. The first kappa shape index (κ1) is 33.4. The zero-order valence-electron chi connectivity index (χ0n) is 24.7. The van der Waals surface area contributed by atoms with Gasteiger partial charge in [0.15, 0.2) is 0 Å². The number of amides is 2. The third kappa shape index (κ3) is 8.50. The Hall–Kier alpha value is -4.06. The molecule has 0 aliphatic heterocycles. The van der Waals surface area contributed by atoms with Gasteiger partial charge in [0.05, 0.1) is 23.3 Å². The van der Waals surface area contributed by atoms with E-state index in [1.54, 1.807) is 43.3 Å². The number of carbonyl (C=O) groups is 2. The lowest BCUT2D eigenvalue weighted by Gasteiger charge is -2.32. The number of ether oxygens (including phenoxy) is 1. The number of nitrogens with zero attached hydrogens (tertiary/aromatic N) is 2. The molecule has 2 amide bonds. The molecule has 3 aromatic rings. The van der Waals surface area contributed by atoms with Crippen LogP contribution < -0.4 is 14.4 Å². The predicted molar refractivity (Wildman–Crippen MR) is 158 cm³/mol. The summed E-state index contributed by atoms with van der Waals surface area (Å²) in [6.07, 6.45) is -4.11. The van der Waals surface area contributed by atoms with Crippen molar-refractivity contribution in [3.63, 3.8) is 0 Å². The highest BCUT2D eigenvalue weighted by Crippen LogP contribution is 2.33. The molecule has 12 heteroatoms. The molecule has 0 radical (unpaired) electrons. The third-order valence-electron chi connectivity index (χ3n) is 7.00. The molecule has 43 heavy (non-hydrogen) atoms. The van der Waals surface area contributed by atoms with Crippen molar-refractivity contribution in [1.82, 2.24) is 10.2 Å². The number of anilines is 1. The van der Waals surface area contributed by atoms with E-state index in [0.29, 0.717) is 28.1 Å². The van der Waals surface area contributed by atoms with Gasteiger partial charge in [-0.1, -0.05) is 42.8 Å². The molecule has 0 aliphatic rings. The van der Waals surface area contributed by atoms with Crippen molar-refractivity contribution in [2.24, 2.45) is 0 Å². The van der Waals surface area contributed by atoms with Crippen LogP contribution in [0.1, 0.15) is 43.9 Å². The van der Waals surface area contributed by atoms with Crippen molar-refractivity contribution < 1.29 is 35.9 Å². The number of rotatable bonds is 12. The molecular formula is C31H36F3N3O5S. The van der Waals surface area contributed by atoms with Crippen molar-refractivity contribution in [2.75, 3.05) is 18.0 Å². The van der Waals surface area contributed by atoms with Crippen molar-refractivity contribution in [3.05, 3.63) is 89.5 Å². The lowest BCUT2D eigenvalue weighted by molar-refractivity contribution is -0.139. The standard InChI is InChI=1S/C31H36F3N3O5S/c1-6-22(3)35-30(39)23(4)36(19-24-9-7-12-27(17-24)42-5)29(38)20-37(26-11-8-10-25(18-26)31(32,33)34)43(40,41)28-15-13-21(2)14-16-28/h7-18,22-23H,6,19-20H2,1-5H3,(H,35,39)/t22-,23+/m1/s1. The van der Waals surface area contributed by atoms with E-state index >= 15 is 0 Å². The first-order valence-corrected chi connectivity index (χ1v) is 15.1. The molecule has 0 aliphatic carbocycles. The fourth-order valence-corrected chi connectivity index (χ4v) is 5.63. The third-order valence-corrected chi connectivity index (χ3v) is 8.79. The number of alkyl halides is 3. The van der Waals surface area contributed by atoms with Gasteiger partial charge in [0.25, 0.3) is 10.0 Å². The zero-order valence-corrected chi connectivity index (χ0v) is 25.5. The van der Waals surface area contributed by atoms with Gasteiger partial charge in [0.2, 0.25) is 11.8 Å². The minimum Gasteiger partial charge on any atom is -0.497 e. The van der Waals surface area contributed by atoms with E-state index in [1.165, 1.54) is 37.1 Å². The predicted octanol–water partition coefficient (Wildman–Crippen LogP) is 5.55. The van der Waals surface area contributed by atoms with E-state index in [9.17, 15) is 31.2 Å². The number of aryl methyl sites for hydroxylation is 1. The average molecular weight is 620 g/mol. The topological polar surface area (TPSA) is 96.0 Å². The van der Waals surface area contributed by atoms with Crippen LogP contribution in [0.5, 0.6) is 5.75 Å². The van der Waals surface area contributed by atoms with Crippen LogP contribution in [0, 0.1) is 6.92 Å². The molecule has 0 aromatic heterocycles. The number of hydrogen-bond donors (Lipinski definition) is 1. The molecule has 232 valence electrons. The van der Waals surface area contributed by atoms with Gasteiger partial charge in [0, 0.05) is 12.6 Å². The second kappa shape index (κ2) is 13.9. The molecular weight excluding hydrogens is 583 g/mol. The molecule has 2 atom stereocenters. The Bertz CT molecular complexity index is 1530. The Balaban J connectivity index is 2.10. The van der Waals surface area contributed by atoms with Crippen LogP contribution in [0.15, 0.2) is 77.7 Å². The Kier molecular flexibility index (Phi) is 10.8. The van der Waals surface area contributed by atoms with Gasteiger partial charge < -0.3 is 15.0 Å². The number of carbonyl (C=O) groups excluding carboxylic acids is 2. The van der Waals surface area contributed by atoms with Gasteiger partial charge in [-0.2, -0.15) is 13.2 Å².